The minimum Gasteiger partial charge on any atom is -0.497 e. The van der Waals surface area contributed by atoms with Crippen LogP contribution >= 0.6 is 0 Å². The highest BCUT2D eigenvalue weighted by molar-refractivity contribution is 6.05. The van der Waals surface area contributed by atoms with Gasteiger partial charge < -0.3 is 10.1 Å². The molecule has 0 unspecified atom stereocenters. The van der Waals surface area contributed by atoms with Gasteiger partial charge in [0.15, 0.2) is 5.82 Å². The number of amides is 1. The van der Waals surface area contributed by atoms with E-state index in [1.807, 2.05) is 63.2 Å². The van der Waals surface area contributed by atoms with E-state index in [1.54, 1.807) is 13.3 Å². The highest BCUT2D eigenvalue weighted by Gasteiger charge is 2.14. The van der Waals surface area contributed by atoms with Gasteiger partial charge in [-0.15, -0.1) is 0 Å². The summed E-state index contributed by atoms with van der Waals surface area (Å²) >= 11 is 0. The first-order valence-electron chi connectivity index (χ1n) is 8.35. The molecule has 1 amide bonds. The number of nitrogens with one attached hydrogen (secondary N) is 1. The molecule has 0 aliphatic heterocycles. The van der Waals surface area contributed by atoms with E-state index >= 15 is 0 Å². The molecule has 2 aromatic carbocycles. The van der Waals surface area contributed by atoms with Gasteiger partial charge in [0.05, 0.1) is 18.4 Å². The van der Waals surface area contributed by atoms with Crippen molar-refractivity contribution < 1.29 is 9.53 Å². The molecule has 26 heavy (non-hydrogen) atoms. The lowest BCUT2D eigenvalue weighted by Gasteiger charge is -2.12. The van der Waals surface area contributed by atoms with Gasteiger partial charge in [0.1, 0.15) is 5.75 Å². The molecule has 0 fully saturated rings. The Kier molecular flexibility index (Phi) is 4.98. The summed E-state index contributed by atoms with van der Waals surface area (Å²) in [5, 5.41) is 2.97. The van der Waals surface area contributed by atoms with E-state index in [4.69, 9.17) is 4.74 Å². The minimum atomic E-state index is -0.207. The van der Waals surface area contributed by atoms with Crippen LogP contribution in [0.2, 0.25) is 0 Å². The van der Waals surface area contributed by atoms with Crippen LogP contribution in [0.25, 0.3) is 11.4 Å². The lowest BCUT2D eigenvalue weighted by Crippen LogP contribution is -2.16. The largest absolute Gasteiger partial charge is 0.497 e. The zero-order chi connectivity index (χ0) is 18.7. The number of nitrogens with zero attached hydrogens (tertiary/aromatic N) is 2. The highest BCUT2D eigenvalue weighted by atomic mass is 16.5. The zero-order valence-corrected chi connectivity index (χ0v) is 15.3. The lowest BCUT2D eigenvalue weighted by atomic mass is 10.1. The molecule has 3 aromatic rings. The van der Waals surface area contributed by atoms with Gasteiger partial charge in [-0.2, -0.15) is 0 Å². The molecular weight excluding hydrogens is 326 g/mol. The molecule has 5 heteroatoms. The van der Waals surface area contributed by atoms with Crippen LogP contribution in [0.1, 0.15) is 27.2 Å². The summed E-state index contributed by atoms with van der Waals surface area (Å²) in [5.41, 5.74) is 4.84. The number of hydrogen-bond acceptors (Lipinski definition) is 4. The number of ether oxygens (including phenoxy) is 1. The van der Waals surface area contributed by atoms with Gasteiger partial charge in [0.2, 0.25) is 0 Å². The van der Waals surface area contributed by atoms with E-state index in [0.717, 1.165) is 28.1 Å². The quantitative estimate of drug-likeness (QED) is 0.763. The summed E-state index contributed by atoms with van der Waals surface area (Å²) in [6.07, 6.45) is 1.57. The average molecular weight is 347 g/mol. The van der Waals surface area contributed by atoms with Crippen molar-refractivity contribution in [2.45, 2.75) is 20.8 Å². The van der Waals surface area contributed by atoms with Gasteiger partial charge >= 0.3 is 0 Å². The maximum absolute atomic E-state index is 12.7. The maximum atomic E-state index is 12.7. The number of hydrogen-bond donors (Lipinski definition) is 1. The van der Waals surface area contributed by atoms with Gasteiger partial charge in [0, 0.05) is 17.4 Å². The number of aryl methyl sites for hydroxylation is 3. The Morgan fingerprint density at radius 2 is 1.65 bits per heavy atom. The third kappa shape index (κ3) is 3.57. The molecule has 0 radical (unpaired) electrons. The van der Waals surface area contributed by atoms with E-state index in [-0.39, 0.29) is 5.91 Å². The SMILES string of the molecule is COc1ccc(-c2ncc(C(=O)Nc3c(C)cccc3C)c(C)n2)cc1. The lowest BCUT2D eigenvalue weighted by molar-refractivity contribution is 0.102. The number of carbonyl (C=O) groups is 1. The molecule has 0 aliphatic rings. The fourth-order valence-corrected chi connectivity index (χ4v) is 2.76. The van der Waals surface area contributed by atoms with Crippen LogP contribution in [-0.4, -0.2) is 23.0 Å². The molecule has 1 aromatic heterocycles. The van der Waals surface area contributed by atoms with E-state index in [2.05, 4.69) is 15.3 Å². The van der Waals surface area contributed by atoms with Crippen LogP contribution in [0.15, 0.2) is 48.7 Å². The average Bonchev–Trinajstić information content (AvgIpc) is 2.64. The smallest absolute Gasteiger partial charge is 0.259 e. The first-order valence-corrected chi connectivity index (χ1v) is 8.35. The summed E-state index contributed by atoms with van der Waals surface area (Å²) in [4.78, 5) is 21.5. The standard InChI is InChI=1S/C21H21N3O2/c1-13-6-5-7-14(2)19(13)24-21(25)18-12-22-20(23-15(18)3)16-8-10-17(26-4)11-9-16/h5-12H,1-4H3,(H,24,25). The van der Waals surface area contributed by atoms with Crippen LogP contribution < -0.4 is 10.1 Å². The Hall–Kier alpha value is -3.21. The Morgan fingerprint density at radius 3 is 2.23 bits per heavy atom. The summed E-state index contributed by atoms with van der Waals surface area (Å²) < 4.78 is 5.16. The minimum absolute atomic E-state index is 0.207. The normalized spacial score (nSPS) is 10.5. The Bertz CT molecular complexity index is 930. The highest BCUT2D eigenvalue weighted by Crippen LogP contribution is 2.22. The third-order valence-electron chi connectivity index (χ3n) is 4.29. The fourth-order valence-electron chi connectivity index (χ4n) is 2.76. The predicted molar refractivity (Wildman–Crippen MR) is 103 cm³/mol. The number of benzene rings is 2. The summed E-state index contributed by atoms with van der Waals surface area (Å²) in [6, 6.07) is 13.4. The van der Waals surface area contributed by atoms with E-state index in [9.17, 15) is 4.79 Å². The number of aromatic nitrogens is 2. The Labute approximate surface area is 153 Å². The van der Waals surface area contributed by atoms with Gasteiger partial charge in [-0.05, 0) is 56.2 Å². The molecule has 0 atom stereocenters. The molecular formula is C21H21N3O2. The monoisotopic (exact) mass is 347 g/mol. The first kappa shape index (κ1) is 17.6. The number of carbonyl (C=O) groups excluding carboxylic acids is 1. The molecule has 1 N–H and O–H groups in total. The molecule has 5 nitrogen and oxygen atoms in total. The summed E-state index contributed by atoms with van der Waals surface area (Å²) in [7, 11) is 1.62. The third-order valence-corrected chi connectivity index (χ3v) is 4.29. The molecule has 0 aliphatic carbocycles. The topological polar surface area (TPSA) is 64.1 Å². The van der Waals surface area contributed by atoms with Crippen LogP contribution in [0.4, 0.5) is 5.69 Å². The van der Waals surface area contributed by atoms with Gasteiger partial charge in [-0.25, -0.2) is 9.97 Å². The number of anilines is 1. The first-order chi connectivity index (χ1) is 12.5. The van der Waals surface area contributed by atoms with Crippen molar-refractivity contribution in [3.8, 4) is 17.1 Å². The van der Waals surface area contributed by atoms with Crippen molar-refractivity contribution in [2.24, 2.45) is 0 Å². The van der Waals surface area contributed by atoms with Crippen molar-refractivity contribution in [3.63, 3.8) is 0 Å². The molecule has 0 spiro atoms. The van der Waals surface area contributed by atoms with Crippen molar-refractivity contribution in [3.05, 3.63) is 71.0 Å². The second kappa shape index (κ2) is 7.35. The molecule has 132 valence electrons. The molecule has 3 rings (SSSR count). The van der Waals surface area contributed by atoms with Gasteiger partial charge in [-0.1, -0.05) is 18.2 Å². The van der Waals surface area contributed by atoms with Crippen molar-refractivity contribution >= 4 is 11.6 Å². The van der Waals surface area contributed by atoms with Crippen LogP contribution in [0.5, 0.6) is 5.75 Å². The van der Waals surface area contributed by atoms with Crippen molar-refractivity contribution in [2.75, 3.05) is 12.4 Å². The number of methoxy groups -OCH3 is 1. The van der Waals surface area contributed by atoms with E-state index < -0.39 is 0 Å². The zero-order valence-electron chi connectivity index (χ0n) is 15.3. The second-order valence-electron chi connectivity index (χ2n) is 6.14. The van der Waals surface area contributed by atoms with Crippen LogP contribution in [0, 0.1) is 20.8 Å². The molecule has 0 bridgehead atoms. The van der Waals surface area contributed by atoms with E-state index in [1.165, 1.54) is 0 Å². The van der Waals surface area contributed by atoms with Gasteiger partial charge in [0.25, 0.3) is 5.91 Å². The van der Waals surface area contributed by atoms with Crippen molar-refractivity contribution in [1.29, 1.82) is 0 Å². The van der Waals surface area contributed by atoms with Gasteiger partial charge in [-0.3, -0.25) is 4.79 Å². The second-order valence-corrected chi connectivity index (χ2v) is 6.14. The maximum Gasteiger partial charge on any atom is 0.259 e. The Balaban J connectivity index is 1.86. The van der Waals surface area contributed by atoms with E-state index in [0.29, 0.717) is 17.1 Å². The predicted octanol–water partition coefficient (Wildman–Crippen LogP) is 4.33. The number of rotatable bonds is 4. The van der Waals surface area contributed by atoms with Crippen LogP contribution in [0.3, 0.4) is 0 Å². The molecule has 0 saturated carbocycles. The summed E-state index contributed by atoms with van der Waals surface area (Å²) in [5.74, 6) is 1.14. The number of para-hydroxylation sites is 1. The molecule has 0 saturated heterocycles. The van der Waals surface area contributed by atoms with Crippen molar-refractivity contribution in [1.82, 2.24) is 9.97 Å². The fraction of sp³-hybridized carbons (Fsp3) is 0.190. The molecule has 1 heterocycles. The summed E-state index contributed by atoms with van der Waals surface area (Å²) in [6.45, 7) is 5.76. The van der Waals surface area contributed by atoms with Crippen LogP contribution in [-0.2, 0) is 0 Å². The Morgan fingerprint density at radius 1 is 1.00 bits per heavy atom.